The number of carbonyl (C=O) groups excluding carboxylic acids is 2. The zero-order valence-electron chi connectivity index (χ0n) is 11.9. The van der Waals surface area contributed by atoms with Crippen molar-refractivity contribution in [2.75, 3.05) is 31.5 Å². The van der Waals surface area contributed by atoms with Crippen molar-refractivity contribution in [3.63, 3.8) is 0 Å². The molecule has 0 spiro atoms. The largest absolute Gasteiger partial charge is 0.354 e. The second-order valence-electron chi connectivity index (χ2n) is 5.01. The van der Waals surface area contributed by atoms with Crippen LogP contribution in [-0.4, -0.2) is 47.9 Å². The van der Waals surface area contributed by atoms with Crippen LogP contribution in [0.3, 0.4) is 0 Å². The Balaban J connectivity index is 1.58. The zero-order chi connectivity index (χ0) is 15.4. The lowest BCUT2D eigenvalue weighted by Crippen LogP contribution is -2.49. The van der Waals surface area contributed by atoms with Gasteiger partial charge in [-0.25, -0.2) is 4.98 Å². The first-order chi connectivity index (χ1) is 10.7. The first kappa shape index (κ1) is 14.7. The summed E-state index contributed by atoms with van der Waals surface area (Å²) in [5, 5.41) is 8.01. The van der Waals surface area contributed by atoms with Gasteiger partial charge in [-0.15, -0.1) is 11.3 Å². The summed E-state index contributed by atoms with van der Waals surface area (Å²) in [5.74, 6) is -0.191. The average Bonchev–Trinajstić information content (AvgIpc) is 2.96. The van der Waals surface area contributed by atoms with Gasteiger partial charge in [-0.1, -0.05) is 30.3 Å². The molecular weight excluding hydrogens is 300 g/mol. The molecule has 0 saturated carbocycles. The molecule has 0 radical (unpaired) electrons. The number of rotatable bonds is 4. The fraction of sp³-hybridized carbons (Fsp3) is 0.267. The van der Waals surface area contributed by atoms with Crippen molar-refractivity contribution >= 4 is 28.3 Å². The van der Waals surface area contributed by atoms with Crippen LogP contribution in [0.1, 0.15) is 0 Å². The molecule has 2 heterocycles. The van der Waals surface area contributed by atoms with Crippen LogP contribution in [-0.2, 0) is 9.59 Å². The number of nitrogens with zero attached hydrogens (tertiary/aromatic N) is 2. The molecule has 22 heavy (non-hydrogen) atoms. The highest BCUT2D eigenvalue weighted by Crippen LogP contribution is 2.24. The first-order valence-electron chi connectivity index (χ1n) is 7.00. The summed E-state index contributed by atoms with van der Waals surface area (Å²) in [5.41, 5.74) is 1.87. The molecular formula is C15H16N4O2S. The maximum Gasteiger partial charge on any atom is 0.240 e. The smallest absolute Gasteiger partial charge is 0.240 e. The molecule has 6 nitrogen and oxygen atoms in total. The number of nitrogens with one attached hydrogen (secondary N) is 2. The quantitative estimate of drug-likeness (QED) is 0.888. The van der Waals surface area contributed by atoms with E-state index in [-0.39, 0.29) is 24.9 Å². The predicted molar refractivity (Wildman–Crippen MR) is 85.6 cm³/mol. The van der Waals surface area contributed by atoms with Crippen LogP contribution in [0, 0.1) is 0 Å². The molecule has 3 rings (SSSR count). The number of piperazine rings is 1. The fourth-order valence-corrected chi connectivity index (χ4v) is 3.00. The standard InChI is InChI=1S/C15H16N4O2S/c20-13-8-19(7-6-16-13)9-14(21)18-15-17-12(10-22-15)11-4-2-1-3-5-11/h1-5,10H,6-9H2,(H,16,20)(H,17,18,21). The second kappa shape index (κ2) is 6.67. The number of hydrogen-bond acceptors (Lipinski definition) is 5. The summed E-state index contributed by atoms with van der Waals surface area (Å²) in [6.07, 6.45) is 0. The molecule has 7 heteroatoms. The second-order valence-corrected chi connectivity index (χ2v) is 5.87. The third kappa shape index (κ3) is 3.69. The minimum atomic E-state index is -0.149. The number of amides is 2. The Labute approximate surface area is 132 Å². The average molecular weight is 316 g/mol. The van der Waals surface area contributed by atoms with Gasteiger partial charge < -0.3 is 10.6 Å². The van der Waals surface area contributed by atoms with Crippen molar-refractivity contribution in [1.29, 1.82) is 0 Å². The van der Waals surface area contributed by atoms with E-state index in [1.807, 2.05) is 40.6 Å². The number of aromatic nitrogens is 1. The Morgan fingerprint density at radius 3 is 2.95 bits per heavy atom. The monoisotopic (exact) mass is 316 g/mol. The van der Waals surface area contributed by atoms with Crippen molar-refractivity contribution in [3.8, 4) is 11.3 Å². The summed E-state index contributed by atoms with van der Waals surface area (Å²) in [6, 6.07) is 9.82. The van der Waals surface area contributed by atoms with E-state index in [9.17, 15) is 9.59 Å². The summed E-state index contributed by atoms with van der Waals surface area (Å²) in [4.78, 5) is 29.5. The Morgan fingerprint density at radius 1 is 1.36 bits per heavy atom. The number of anilines is 1. The van der Waals surface area contributed by atoms with Crippen LogP contribution in [0.25, 0.3) is 11.3 Å². The molecule has 1 aliphatic rings. The van der Waals surface area contributed by atoms with Gasteiger partial charge in [0.1, 0.15) is 0 Å². The third-order valence-electron chi connectivity index (χ3n) is 3.30. The highest BCUT2D eigenvalue weighted by Gasteiger charge is 2.19. The Morgan fingerprint density at radius 2 is 2.18 bits per heavy atom. The number of hydrogen-bond donors (Lipinski definition) is 2. The molecule has 1 aromatic heterocycles. The normalized spacial score (nSPS) is 15.4. The Bertz CT molecular complexity index is 671. The van der Waals surface area contributed by atoms with Gasteiger partial charge in [-0.05, 0) is 0 Å². The minimum Gasteiger partial charge on any atom is -0.354 e. The van der Waals surface area contributed by atoms with Crippen LogP contribution in [0.2, 0.25) is 0 Å². The summed E-state index contributed by atoms with van der Waals surface area (Å²) >= 11 is 1.39. The van der Waals surface area contributed by atoms with E-state index < -0.39 is 0 Å². The molecule has 2 N–H and O–H groups in total. The van der Waals surface area contributed by atoms with Gasteiger partial charge in [0.05, 0.1) is 18.8 Å². The topological polar surface area (TPSA) is 74.3 Å². The maximum absolute atomic E-state index is 12.0. The molecule has 1 fully saturated rings. The van der Waals surface area contributed by atoms with Crippen LogP contribution >= 0.6 is 11.3 Å². The molecule has 0 unspecified atom stereocenters. The van der Waals surface area contributed by atoms with Crippen molar-refractivity contribution in [2.45, 2.75) is 0 Å². The van der Waals surface area contributed by atoms with Crippen molar-refractivity contribution in [1.82, 2.24) is 15.2 Å². The van der Waals surface area contributed by atoms with Crippen LogP contribution in [0.5, 0.6) is 0 Å². The molecule has 0 aliphatic carbocycles. The highest BCUT2D eigenvalue weighted by molar-refractivity contribution is 7.14. The molecule has 114 valence electrons. The number of carbonyl (C=O) groups is 2. The lowest BCUT2D eigenvalue weighted by molar-refractivity contribution is -0.125. The SMILES string of the molecule is O=C1CN(CC(=O)Nc2nc(-c3ccccc3)cs2)CCN1. The Hall–Kier alpha value is -2.25. The van der Waals surface area contributed by atoms with E-state index in [1.54, 1.807) is 0 Å². The molecule has 0 bridgehead atoms. The van der Waals surface area contributed by atoms with Crippen LogP contribution < -0.4 is 10.6 Å². The molecule has 0 atom stereocenters. The number of thiazole rings is 1. The van der Waals surface area contributed by atoms with E-state index in [2.05, 4.69) is 15.6 Å². The molecule has 2 aromatic rings. The molecule has 1 aromatic carbocycles. The van der Waals surface area contributed by atoms with E-state index in [4.69, 9.17) is 0 Å². The summed E-state index contributed by atoms with van der Waals surface area (Å²) < 4.78 is 0. The zero-order valence-corrected chi connectivity index (χ0v) is 12.7. The predicted octanol–water partition coefficient (Wildman–Crippen LogP) is 1.18. The fourth-order valence-electron chi connectivity index (χ4n) is 2.26. The van der Waals surface area contributed by atoms with Gasteiger partial charge in [0.25, 0.3) is 0 Å². The van der Waals surface area contributed by atoms with Gasteiger partial charge in [0.2, 0.25) is 11.8 Å². The highest BCUT2D eigenvalue weighted by atomic mass is 32.1. The first-order valence-corrected chi connectivity index (χ1v) is 7.88. The van der Waals surface area contributed by atoms with E-state index in [0.29, 0.717) is 18.2 Å². The van der Waals surface area contributed by atoms with Crippen molar-refractivity contribution in [2.24, 2.45) is 0 Å². The number of benzene rings is 1. The van der Waals surface area contributed by atoms with E-state index in [1.165, 1.54) is 11.3 Å². The molecule has 1 aliphatic heterocycles. The van der Waals surface area contributed by atoms with Crippen LogP contribution in [0.15, 0.2) is 35.7 Å². The van der Waals surface area contributed by atoms with Gasteiger partial charge in [0, 0.05) is 24.0 Å². The minimum absolute atomic E-state index is 0.0420. The summed E-state index contributed by atoms with van der Waals surface area (Å²) in [7, 11) is 0. The Kier molecular flexibility index (Phi) is 4.45. The van der Waals surface area contributed by atoms with Crippen molar-refractivity contribution in [3.05, 3.63) is 35.7 Å². The van der Waals surface area contributed by atoms with E-state index >= 15 is 0 Å². The van der Waals surface area contributed by atoms with E-state index in [0.717, 1.165) is 11.3 Å². The maximum atomic E-state index is 12.0. The van der Waals surface area contributed by atoms with Gasteiger partial charge >= 0.3 is 0 Å². The van der Waals surface area contributed by atoms with Crippen LogP contribution in [0.4, 0.5) is 5.13 Å². The lowest BCUT2D eigenvalue weighted by Gasteiger charge is -2.25. The van der Waals surface area contributed by atoms with Gasteiger partial charge in [-0.2, -0.15) is 0 Å². The van der Waals surface area contributed by atoms with Gasteiger partial charge in [0.15, 0.2) is 5.13 Å². The summed E-state index contributed by atoms with van der Waals surface area (Å²) in [6.45, 7) is 1.74. The van der Waals surface area contributed by atoms with Crippen molar-refractivity contribution < 1.29 is 9.59 Å². The van der Waals surface area contributed by atoms with Gasteiger partial charge in [-0.3, -0.25) is 14.5 Å². The lowest BCUT2D eigenvalue weighted by atomic mass is 10.2. The molecule has 1 saturated heterocycles. The molecule has 2 amide bonds. The third-order valence-corrected chi connectivity index (χ3v) is 4.06.